The number of aliphatic hydroxyl groups excluding tert-OH is 1. The number of amides is 1. The second-order valence-electron chi connectivity index (χ2n) is 7.26. The third-order valence-corrected chi connectivity index (χ3v) is 6.26. The van der Waals surface area contributed by atoms with Gasteiger partial charge in [-0.25, -0.2) is 4.57 Å². The molecule has 0 aliphatic carbocycles. The summed E-state index contributed by atoms with van der Waals surface area (Å²) in [5, 5.41) is 11.0. The highest BCUT2D eigenvalue weighted by Gasteiger charge is 2.45. The van der Waals surface area contributed by atoms with Gasteiger partial charge in [0.1, 0.15) is 18.2 Å². The molecule has 0 bridgehead atoms. The minimum absolute atomic E-state index is 0.111. The summed E-state index contributed by atoms with van der Waals surface area (Å²) < 4.78 is 3.67. The number of H-pyrrole nitrogens is 1. The number of aromatic nitrogens is 2. The van der Waals surface area contributed by atoms with Crippen molar-refractivity contribution in [1.29, 1.82) is 0 Å². The highest BCUT2D eigenvalue weighted by atomic mass is 79.9. The molecule has 158 valence electrons. The van der Waals surface area contributed by atoms with E-state index < -0.39 is 17.7 Å². The van der Waals surface area contributed by atoms with Crippen LogP contribution in [-0.2, 0) is 16.1 Å². The van der Waals surface area contributed by atoms with E-state index in [2.05, 4.69) is 36.8 Å². The molecule has 8 heteroatoms. The van der Waals surface area contributed by atoms with Gasteiger partial charge in [-0.05, 0) is 29.8 Å². The molecule has 1 atom stereocenters. The molecule has 3 aromatic rings. The zero-order valence-corrected chi connectivity index (χ0v) is 19.6. The number of likely N-dealkylation sites (tertiary alicyclic amines) is 1. The summed E-state index contributed by atoms with van der Waals surface area (Å²) in [5.74, 6) is -1.43. The fourth-order valence-electron chi connectivity index (χ4n) is 3.78. The SMILES string of the molecule is O=C1C(=O)N(CCC[n+]2cc[nH]c2)C(c2cccc(Br)c2)/C1=C(\O)c1ccc(Br)cc1. The van der Waals surface area contributed by atoms with Crippen molar-refractivity contribution in [3.8, 4) is 0 Å². The van der Waals surface area contributed by atoms with Crippen LogP contribution in [0.25, 0.3) is 5.76 Å². The number of ketones is 1. The van der Waals surface area contributed by atoms with Crippen molar-refractivity contribution in [3.05, 3.63) is 92.9 Å². The van der Waals surface area contributed by atoms with E-state index in [1.54, 1.807) is 29.2 Å². The van der Waals surface area contributed by atoms with E-state index in [4.69, 9.17) is 0 Å². The molecule has 0 spiro atoms. The highest BCUT2D eigenvalue weighted by Crippen LogP contribution is 2.40. The Balaban J connectivity index is 1.73. The minimum Gasteiger partial charge on any atom is -0.507 e. The molecular weight excluding hydrogens is 526 g/mol. The summed E-state index contributed by atoms with van der Waals surface area (Å²) >= 11 is 6.84. The Morgan fingerprint density at radius 3 is 2.55 bits per heavy atom. The molecular formula is C23H20Br2N3O3+. The second kappa shape index (κ2) is 9.20. The number of rotatable bonds is 6. The number of hydrogen-bond donors (Lipinski definition) is 2. The van der Waals surface area contributed by atoms with Gasteiger partial charge in [0.15, 0.2) is 0 Å². The molecule has 1 unspecified atom stereocenters. The molecule has 1 amide bonds. The molecule has 6 nitrogen and oxygen atoms in total. The number of halogens is 2. The van der Waals surface area contributed by atoms with Crippen LogP contribution in [0.1, 0.15) is 23.6 Å². The third kappa shape index (κ3) is 4.50. The summed E-state index contributed by atoms with van der Waals surface area (Å²) in [6, 6.07) is 13.8. The Morgan fingerprint density at radius 2 is 1.87 bits per heavy atom. The standard InChI is InChI=1S/C23H19Br2N3O3/c24-17-7-5-15(6-8-17)21(29)19-20(16-3-1-4-18(25)13-16)28(23(31)22(19)30)11-2-10-27-12-9-26-14-27/h1,3-9,12-14,20H,2,10-11H2,(H,29,30)/p+1. The maximum absolute atomic E-state index is 13.0. The lowest BCUT2D eigenvalue weighted by atomic mass is 9.95. The highest BCUT2D eigenvalue weighted by molar-refractivity contribution is 9.10. The molecule has 1 aliphatic heterocycles. The van der Waals surface area contributed by atoms with Gasteiger partial charge in [-0.15, -0.1) is 0 Å². The third-order valence-electron chi connectivity index (χ3n) is 5.24. The summed E-state index contributed by atoms with van der Waals surface area (Å²) in [6.07, 6.45) is 6.24. The van der Waals surface area contributed by atoms with Crippen LogP contribution < -0.4 is 4.57 Å². The number of nitrogens with zero attached hydrogens (tertiary/aromatic N) is 2. The molecule has 2 heterocycles. The van der Waals surface area contributed by atoms with Gasteiger partial charge in [-0.2, -0.15) is 0 Å². The number of aromatic amines is 1. The van der Waals surface area contributed by atoms with Crippen LogP contribution >= 0.6 is 31.9 Å². The fraction of sp³-hybridized carbons (Fsp3) is 0.174. The first-order valence-electron chi connectivity index (χ1n) is 9.77. The number of carbonyl (C=O) groups excluding carboxylic acids is 2. The number of carbonyl (C=O) groups is 2. The molecule has 1 aliphatic rings. The van der Waals surface area contributed by atoms with Crippen molar-refractivity contribution in [1.82, 2.24) is 9.88 Å². The monoisotopic (exact) mass is 544 g/mol. The Hall–Kier alpha value is -2.71. The lowest BCUT2D eigenvalue weighted by molar-refractivity contribution is -0.695. The fourth-order valence-corrected chi connectivity index (χ4v) is 4.46. The average molecular weight is 546 g/mol. The molecule has 2 aromatic carbocycles. The summed E-state index contributed by atoms with van der Waals surface area (Å²) in [7, 11) is 0. The van der Waals surface area contributed by atoms with Crippen LogP contribution in [0.15, 0.2) is 81.8 Å². The van der Waals surface area contributed by atoms with Crippen LogP contribution in [0.2, 0.25) is 0 Å². The van der Waals surface area contributed by atoms with Gasteiger partial charge in [0.25, 0.3) is 11.7 Å². The lowest BCUT2D eigenvalue weighted by Crippen LogP contribution is -2.36. The molecule has 2 N–H and O–H groups in total. The first kappa shape index (κ1) is 21.5. The van der Waals surface area contributed by atoms with E-state index in [0.717, 1.165) is 14.5 Å². The van der Waals surface area contributed by atoms with E-state index in [9.17, 15) is 14.7 Å². The molecule has 31 heavy (non-hydrogen) atoms. The topological polar surface area (TPSA) is 77.3 Å². The van der Waals surface area contributed by atoms with E-state index in [1.165, 1.54) is 0 Å². The van der Waals surface area contributed by atoms with E-state index in [0.29, 0.717) is 25.1 Å². The average Bonchev–Trinajstić information content (AvgIpc) is 3.36. The lowest BCUT2D eigenvalue weighted by Gasteiger charge is -2.25. The van der Waals surface area contributed by atoms with Crippen LogP contribution in [0.5, 0.6) is 0 Å². The van der Waals surface area contributed by atoms with Gasteiger partial charge >= 0.3 is 0 Å². The number of nitrogens with one attached hydrogen (secondary N) is 1. The van der Waals surface area contributed by atoms with Crippen LogP contribution in [-0.4, -0.2) is 33.2 Å². The zero-order valence-electron chi connectivity index (χ0n) is 16.5. The summed E-state index contributed by atoms with van der Waals surface area (Å²) in [4.78, 5) is 30.5. The predicted molar refractivity (Wildman–Crippen MR) is 123 cm³/mol. The van der Waals surface area contributed by atoms with Gasteiger partial charge in [0.05, 0.1) is 18.2 Å². The molecule has 0 saturated carbocycles. The quantitative estimate of drug-likeness (QED) is 0.209. The van der Waals surface area contributed by atoms with E-state index >= 15 is 0 Å². The summed E-state index contributed by atoms with van der Waals surface area (Å²) in [5.41, 5.74) is 1.37. The zero-order chi connectivity index (χ0) is 22.0. The van der Waals surface area contributed by atoms with Crippen LogP contribution in [0, 0.1) is 0 Å². The van der Waals surface area contributed by atoms with Gasteiger partial charge in [-0.1, -0.05) is 56.1 Å². The van der Waals surface area contributed by atoms with Crippen molar-refractivity contribution < 1.29 is 19.3 Å². The largest absolute Gasteiger partial charge is 0.507 e. The van der Waals surface area contributed by atoms with Crippen LogP contribution in [0.4, 0.5) is 0 Å². The first-order chi connectivity index (χ1) is 15.0. The van der Waals surface area contributed by atoms with Gasteiger partial charge in [-0.3, -0.25) is 14.6 Å². The van der Waals surface area contributed by atoms with Crippen molar-refractivity contribution in [2.24, 2.45) is 0 Å². The molecule has 1 fully saturated rings. The van der Waals surface area contributed by atoms with Crippen molar-refractivity contribution >= 4 is 49.3 Å². The number of aryl methyl sites for hydroxylation is 1. The molecule has 1 saturated heterocycles. The number of benzene rings is 2. The number of aliphatic hydroxyl groups is 1. The van der Waals surface area contributed by atoms with Crippen molar-refractivity contribution in [2.75, 3.05) is 6.54 Å². The smallest absolute Gasteiger partial charge is 0.295 e. The maximum atomic E-state index is 13.0. The Kier molecular flexibility index (Phi) is 6.38. The maximum Gasteiger partial charge on any atom is 0.295 e. The van der Waals surface area contributed by atoms with Gasteiger partial charge in [0, 0.05) is 27.5 Å². The first-order valence-corrected chi connectivity index (χ1v) is 11.4. The van der Waals surface area contributed by atoms with E-state index in [-0.39, 0.29) is 11.3 Å². The molecule has 0 radical (unpaired) electrons. The number of hydrogen-bond acceptors (Lipinski definition) is 3. The molecule has 4 rings (SSSR count). The van der Waals surface area contributed by atoms with Crippen molar-refractivity contribution in [3.63, 3.8) is 0 Å². The van der Waals surface area contributed by atoms with Gasteiger partial charge < -0.3 is 10.0 Å². The van der Waals surface area contributed by atoms with Crippen LogP contribution in [0.3, 0.4) is 0 Å². The van der Waals surface area contributed by atoms with E-state index in [1.807, 2.05) is 47.6 Å². The minimum atomic E-state index is -0.667. The van der Waals surface area contributed by atoms with Crippen molar-refractivity contribution in [2.45, 2.75) is 19.0 Å². The predicted octanol–water partition coefficient (Wildman–Crippen LogP) is 4.34. The van der Waals surface area contributed by atoms with Gasteiger partial charge in [0.2, 0.25) is 6.33 Å². The Labute approximate surface area is 196 Å². The second-order valence-corrected chi connectivity index (χ2v) is 9.09. The Morgan fingerprint density at radius 1 is 1.10 bits per heavy atom. The number of Topliss-reactive ketones (excluding diaryl/α,β-unsaturated/α-hetero) is 1. The summed E-state index contributed by atoms with van der Waals surface area (Å²) in [6.45, 7) is 1.08. The molecule has 1 aromatic heterocycles. The normalized spacial score (nSPS) is 18.0. The Bertz CT molecular complexity index is 1140. The number of imidazole rings is 1.